The van der Waals surface area contributed by atoms with Gasteiger partial charge in [-0.05, 0) is 117 Å². The Morgan fingerprint density at radius 2 is 1.84 bits per heavy atom. The van der Waals surface area contributed by atoms with Crippen LogP contribution in [-0.2, 0) is 16.4 Å². The number of anilines is 2. The number of piperazine rings is 1. The van der Waals surface area contributed by atoms with E-state index in [1.807, 2.05) is 37.2 Å². The van der Waals surface area contributed by atoms with E-state index < -0.39 is 20.9 Å². The number of hydrogen-bond donors (Lipinski definition) is 3. The van der Waals surface area contributed by atoms with Gasteiger partial charge in [0.25, 0.3) is 21.6 Å². The number of H-pyrrole nitrogens is 1. The maximum absolute atomic E-state index is 14.0. The summed E-state index contributed by atoms with van der Waals surface area (Å²) >= 11 is 6.24. The molecule has 1 fully saturated rings. The van der Waals surface area contributed by atoms with E-state index in [0.717, 1.165) is 80.7 Å². The standard InChI is InChI=1S/C45H51ClN8O6S/c1-45(2)14-11-31(39(26-45)29-5-7-33(46)8-6-29)28-52-17-19-53(20-18-52)35-9-10-38(41(24-35)60-36-22-30-12-15-47-43(30)48-27-36)44(55)50-61(58,59)37-23-32-21-34(13-16-51(3)4)49-42(32)40(25-37)54(56)57/h5-10,12,15,22-25,27,34,49H,11,13-14,16-21,26,28H2,1-4H3,(H,47,48)(H,50,55)/t34-/m1/s1. The zero-order valence-corrected chi connectivity index (χ0v) is 36.4. The highest BCUT2D eigenvalue weighted by Crippen LogP contribution is 2.44. The highest BCUT2D eigenvalue weighted by atomic mass is 35.5. The summed E-state index contributed by atoms with van der Waals surface area (Å²) in [5, 5.41) is 16.9. The van der Waals surface area contributed by atoms with Gasteiger partial charge in [0, 0.05) is 73.2 Å². The van der Waals surface area contributed by atoms with Crippen LogP contribution in [0, 0.1) is 15.5 Å². The fraction of sp³-hybridized carbons (Fsp3) is 0.378. The highest BCUT2D eigenvalue weighted by Gasteiger charge is 2.33. The summed E-state index contributed by atoms with van der Waals surface area (Å²) in [5.41, 5.74) is 6.25. The lowest BCUT2D eigenvalue weighted by molar-refractivity contribution is -0.384. The predicted octanol–water partition coefficient (Wildman–Crippen LogP) is 8.11. The molecule has 5 aromatic rings. The van der Waals surface area contributed by atoms with Crippen molar-refractivity contribution in [3.8, 4) is 11.5 Å². The minimum absolute atomic E-state index is 0.0249. The molecule has 3 N–H and O–H groups in total. The van der Waals surface area contributed by atoms with Gasteiger partial charge in [0.15, 0.2) is 0 Å². The summed E-state index contributed by atoms with van der Waals surface area (Å²) in [6.45, 7) is 9.41. The third-order valence-electron chi connectivity index (χ3n) is 12.0. The number of rotatable bonds is 13. The van der Waals surface area contributed by atoms with Gasteiger partial charge in [-0.3, -0.25) is 19.8 Å². The summed E-state index contributed by atoms with van der Waals surface area (Å²) in [7, 11) is -0.674. The zero-order valence-electron chi connectivity index (χ0n) is 34.8. The number of aromatic nitrogens is 2. The van der Waals surface area contributed by atoms with Crippen molar-refractivity contribution in [3.05, 3.63) is 117 Å². The molecule has 2 aliphatic heterocycles. The van der Waals surface area contributed by atoms with E-state index in [9.17, 15) is 23.3 Å². The van der Waals surface area contributed by atoms with Gasteiger partial charge in [-0.2, -0.15) is 0 Å². The van der Waals surface area contributed by atoms with E-state index in [0.29, 0.717) is 35.5 Å². The fourth-order valence-electron chi connectivity index (χ4n) is 8.61. The largest absolute Gasteiger partial charge is 0.455 e. The van der Waals surface area contributed by atoms with Crippen LogP contribution in [0.2, 0.25) is 5.02 Å². The molecule has 0 unspecified atom stereocenters. The van der Waals surface area contributed by atoms with Crippen molar-refractivity contribution < 1.29 is 22.9 Å². The van der Waals surface area contributed by atoms with Crippen LogP contribution in [-0.4, -0.2) is 98.4 Å². The topological polar surface area (TPSA) is 166 Å². The summed E-state index contributed by atoms with van der Waals surface area (Å²) in [6, 6.07) is 19.2. The van der Waals surface area contributed by atoms with Crippen molar-refractivity contribution in [2.24, 2.45) is 5.41 Å². The second-order valence-corrected chi connectivity index (χ2v) is 19.5. The minimum Gasteiger partial charge on any atom is -0.455 e. The van der Waals surface area contributed by atoms with E-state index >= 15 is 0 Å². The molecule has 1 amide bonds. The Morgan fingerprint density at radius 3 is 2.57 bits per heavy atom. The number of ether oxygens (including phenoxy) is 1. The van der Waals surface area contributed by atoms with E-state index in [1.165, 1.54) is 29.0 Å². The number of pyridine rings is 1. The Labute approximate surface area is 361 Å². The number of nitro benzene ring substituents is 1. The molecule has 16 heteroatoms. The Hall–Kier alpha value is -5.48. The number of nitro groups is 1. The first-order chi connectivity index (χ1) is 29.1. The zero-order chi connectivity index (χ0) is 43.1. The number of sulfonamides is 1. The number of benzene rings is 3. The first-order valence-corrected chi connectivity index (χ1v) is 22.5. The van der Waals surface area contributed by atoms with Crippen LogP contribution in [0.4, 0.5) is 17.1 Å². The van der Waals surface area contributed by atoms with E-state index in [4.69, 9.17) is 16.3 Å². The summed E-state index contributed by atoms with van der Waals surface area (Å²) in [4.78, 5) is 39.4. The third kappa shape index (κ3) is 9.55. The molecule has 8 rings (SSSR count). The molecule has 1 saturated heterocycles. The monoisotopic (exact) mass is 866 g/mol. The molecule has 4 heterocycles. The summed E-state index contributed by atoms with van der Waals surface area (Å²) in [6.07, 6.45) is 7.62. The number of allylic oxidation sites excluding steroid dienone is 1. The SMILES string of the molecule is CN(C)CC[C@@H]1Cc2cc(S(=O)(=O)NC(=O)c3ccc(N4CCN(CC5=C(c6ccc(Cl)cc6)CC(C)(C)CC5)CC4)cc3Oc3cnc4[nH]ccc4c3)cc([N+](=O)[O-])c2N1. The lowest BCUT2D eigenvalue weighted by Crippen LogP contribution is -2.47. The lowest BCUT2D eigenvalue weighted by atomic mass is 9.72. The number of nitrogens with one attached hydrogen (secondary N) is 3. The molecule has 3 aromatic carbocycles. The first-order valence-electron chi connectivity index (χ1n) is 20.6. The Bertz CT molecular complexity index is 2620. The van der Waals surface area contributed by atoms with Crippen molar-refractivity contribution in [3.63, 3.8) is 0 Å². The molecule has 14 nitrogen and oxygen atoms in total. The normalized spacial score (nSPS) is 18.0. The van der Waals surface area contributed by atoms with Gasteiger partial charge in [0.1, 0.15) is 22.8 Å². The highest BCUT2D eigenvalue weighted by molar-refractivity contribution is 7.90. The Kier molecular flexibility index (Phi) is 11.8. The molecular formula is C45H51ClN8O6S. The number of fused-ring (bicyclic) bond motifs is 2. The third-order valence-corrected chi connectivity index (χ3v) is 13.6. The van der Waals surface area contributed by atoms with Gasteiger partial charge in [0.2, 0.25) is 0 Å². The second kappa shape index (κ2) is 17.1. The number of nitrogens with zero attached hydrogens (tertiary/aromatic N) is 5. The van der Waals surface area contributed by atoms with Crippen LogP contribution in [0.25, 0.3) is 16.6 Å². The van der Waals surface area contributed by atoms with Crippen molar-refractivity contribution in [2.45, 2.75) is 56.9 Å². The summed E-state index contributed by atoms with van der Waals surface area (Å²) in [5.74, 6) is -0.440. The van der Waals surface area contributed by atoms with E-state index in [2.05, 4.69) is 55.8 Å². The van der Waals surface area contributed by atoms with Gasteiger partial charge in [-0.25, -0.2) is 18.1 Å². The van der Waals surface area contributed by atoms with Gasteiger partial charge in [-0.1, -0.05) is 43.2 Å². The average Bonchev–Trinajstić information content (AvgIpc) is 3.87. The molecule has 1 aliphatic carbocycles. The smallest absolute Gasteiger partial charge is 0.293 e. The van der Waals surface area contributed by atoms with Crippen molar-refractivity contribution in [1.82, 2.24) is 24.5 Å². The van der Waals surface area contributed by atoms with Crippen LogP contribution in [0.15, 0.2) is 89.6 Å². The van der Waals surface area contributed by atoms with Gasteiger partial charge < -0.3 is 24.8 Å². The first kappa shape index (κ1) is 42.2. The quantitative estimate of drug-likeness (QED) is 0.0773. The van der Waals surface area contributed by atoms with Gasteiger partial charge in [-0.15, -0.1) is 0 Å². The molecule has 320 valence electrons. The molecule has 2 aromatic heterocycles. The second-order valence-electron chi connectivity index (χ2n) is 17.4. The number of carbonyl (C=O) groups excluding carboxylic acids is 1. The van der Waals surface area contributed by atoms with E-state index in [-0.39, 0.29) is 33.4 Å². The van der Waals surface area contributed by atoms with Crippen molar-refractivity contribution in [2.75, 3.05) is 63.6 Å². The van der Waals surface area contributed by atoms with Crippen LogP contribution in [0.5, 0.6) is 11.5 Å². The molecule has 0 radical (unpaired) electrons. The number of hydrogen-bond acceptors (Lipinski definition) is 11. The molecule has 0 bridgehead atoms. The molecular weight excluding hydrogens is 816 g/mol. The molecule has 1 atom stereocenters. The molecule has 0 saturated carbocycles. The lowest BCUT2D eigenvalue weighted by Gasteiger charge is -2.39. The number of aromatic amines is 1. The Morgan fingerprint density at radius 1 is 1.07 bits per heavy atom. The maximum Gasteiger partial charge on any atom is 0.293 e. The van der Waals surface area contributed by atoms with Crippen LogP contribution in [0.1, 0.15) is 61.0 Å². The predicted molar refractivity (Wildman–Crippen MR) is 239 cm³/mol. The van der Waals surface area contributed by atoms with Crippen LogP contribution in [0.3, 0.4) is 0 Å². The number of amides is 1. The Balaban J connectivity index is 1.02. The summed E-state index contributed by atoms with van der Waals surface area (Å²) < 4.78 is 36.2. The fourth-order valence-corrected chi connectivity index (χ4v) is 9.77. The van der Waals surface area contributed by atoms with Gasteiger partial charge in [0.05, 0.1) is 21.6 Å². The van der Waals surface area contributed by atoms with E-state index in [1.54, 1.807) is 30.5 Å². The molecule has 61 heavy (non-hydrogen) atoms. The van der Waals surface area contributed by atoms with Crippen LogP contribution >= 0.6 is 11.6 Å². The maximum atomic E-state index is 14.0. The van der Waals surface area contributed by atoms with Crippen molar-refractivity contribution >= 4 is 61.2 Å². The number of halogens is 1. The number of carbonyl (C=O) groups is 1. The molecule has 0 spiro atoms. The minimum atomic E-state index is -4.56. The van der Waals surface area contributed by atoms with Gasteiger partial charge >= 0.3 is 0 Å². The van der Waals surface area contributed by atoms with Crippen LogP contribution < -0.4 is 19.7 Å². The average molecular weight is 867 g/mol. The van der Waals surface area contributed by atoms with Crippen molar-refractivity contribution in [1.29, 1.82) is 0 Å². The molecule has 3 aliphatic rings.